The van der Waals surface area contributed by atoms with Gasteiger partial charge in [-0.1, -0.05) is 11.2 Å². The molecule has 7 nitrogen and oxygen atoms in total. The zero-order chi connectivity index (χ0) is 16.4. The SMILES string of the molecule is O=C(/C=C/c1cccs1)Nc1nnc(-c2ccc3c(c2)OCO3)o1. The fourth-order valence-corrected chi connectivity index (χ4v) is 2.73. The molecule has 0 atom stereocenters. The molecule has 1 N–H and O–H groups in total. The van der Waals surface area contributed by atoms with Crippen molar-refractivity contribution >= 4 is 29.3 Å². The van der Waals surface area contributed by atoms with Crippen LogP contribution in [0.4, 0.5) is 6.01 Å². The number of anilines is 1. The molecule has 0 spiro atoms. The highest BCUT2D eigenvalue weighted by Gasteiger charge is 2.17. The second kappa shape index (κ2) is 6.17. The molecule has 0 bridgehead atoms. The number of amides is 1. The number of ether oxygens (including phenoxy) is 2. The van der Waals surface area contributed by atoms with Gasteiger partial charge in [-0.25, -0.2) is 0 Å². The minimum Gasteiger partial charge on any atom is -0.454 e. The van der Waals surface area contributed by atoms with Crippen LogP contribution in [0.15, 0.2) is 46.2 Å². The molecule has 2 aromatic heterocycles. The zero-order valence-corrected chi connectivity index (χ0v) is 13.1. The maximum Gasteiger partial charge on any atom is 0.322 e. The number of fused-ring (bicyclic) bond motifs is 1. The first kappa shape index (κ1) is 14.5. The Balaban J connectivity index is 1.46. The topological polar surface area (TPSA) is 86.5 Å². The third kappa shape index (κ3) is 2.99. The summed E-state index contributed by atoms with van der Waals surface area (Å²) in [6, 6.07) is 9.16. The molecule has 0 unspecified atom stereocenters. The number of carbonyl (C=O) groups excluding carboxylic acids is 1. The lowest BCUT2D eigenvalue weighted by atomic mass is 10.2. The summed E-state index contributed by atoms with van der Waals surface area (Å²) in [5.74, 6) is 1.23. The molecule has 0 radical (unpaired) electrons. The van der Waals surface area contributed by atoms with E-state index in [0.717, 1.165) is 4.88 Å². The lowest BCUT2D eigenvalue weighted by Crippen LogP contribution is -2.07. The van der Waals surface area contributed by atoms with E-state index in [4.69, 9.17) is 13.9 Å². The molecule has 3 heterocycles. The molecule has 24 heavy (non-hydrogen) atoms. The maximum atomic E-state index is 11.8. The van der Waals surface area contributed by atoms with Gasteiger partial charge >= 0.3 is 6.01 Å². The van der Waals surface area contributed by atoms with Crippen LogP contribution in [-0.2, 0) is 4.79 Å². The number of rotatable bonds is 4. The van der Waals surface area contributed by atoms with Crippen LogP contribution in [0.2, 0.25) is 0 Å². The first-order chi connectivity index (χ1) is 11.8. The Bertz CT molecular complexity index is 902. The van der Waals surface area contributed by atoms with Gasteiger partial charge in [-0.05, 0) is 35.7 Å². The van der Waals surface area contributed by atoms with Crippen LogP contribution in [0, 0.1) is 0 Å². The van der Waals surface area contributed by atoms with Crippen LogP contribution < -0.4 is 14.8 Å². The lowest BCUT2D eigenvalue weighted by Gasteiger charge is -1.98. The smallest absolute Gasteiger partial charge is 0.322 e. The molecule has 120 valence electrons. The third-order valence-electron chi connectivity index (χ3n) is 3.22. The van der Waals surface area contributed by atoms with Crippen molar-refractivity contribution in [2.75, 3.05) is 12.1 Å². The van der Waals surface area contributed by atoms with Crippen molar-refractivity contribution in [3.8, 4) is 23.0 Å². The van der Waals surface area contributed by atoms with E-state index in [9.17, 15) is 4.79 Å². The van der Waals surface area contributed by atoms with Crippen molar-refractivity contribution in [1.82, 2.24) is 10.2 Å². The van der Waals surface area contributed by atoms with Crippen molar-refractivity contribution in [3.05, 3.63) is 46.7 Å². The predicted octanol–water partition coefficient (Wildman–Crippen LogP) is 3.18. The molecule has 0 aliphatic carbocycles. The molecule has 0 saturated carbocycles. The number of hydrogen-bond donors (Lipinski definition) is 1. The van der Waals surface area contributed by atoms with Gasteiger partial charge in [0.1, 0.15) is 0 Å². The minimum atomic E-state index is -0.343. The van der Waals surface area contributed by atoms with Crippen LogP contribution >= 0.6 is 11.3 Å². The van der Waals surface area contributed by atoms with Gasteiger partial charge in [0.2, 0.25) is 12.7 Å². The van der Waals surface area contributed by atoms with Crippen molar-refractivity contribution in [1.29, 1.82) is 0 Å². The van der Waals surface area contributed by atoms with E-state index >= 15 is 0 Å². The summed E-state index contributed by atoms with van der Waals surface area (Å²) >= 11 is 1.54. The second-order valence-electron chi connectivity index (χ2n) is 4.82. The number of nitrogens with one attached hydrogen (secondary N) is 1. The van der Waals surface area contributed by atoms with E-state index < -0.39 is 0 Å². The molecule has 1 aliphatic heterocycles. The van der Waals surface area contributed by atoms with Gasteiger partial charge in [0.05, 0.1) is 0 Å². The van der Waals surface area contributed by atoms with E-state index in [2.05, 4.69) is 15.5 Å². The van der Waals surface area contributed by atoms with Gasteiger partial charge in [-0.3, -0.25) is 10.1 Å². The molecule has 1 amide bonds. The van der Waals surface area contributed by atoms with Gasteiger partial charge in [-0.2, -0.15) is 0 Å². The van der Waals surface area contributed by atoms with Crippen LogP contribution in [0.5, 0.6) is 11.5 Å². The summed E-state index contributed by atoms with van der Waals surface area (Å²) in [6.45, 7) is 0.195. The fraction of sp³-hybridized carbons (Fsp3) is 0.0625. The second-order valence-corrected chi connectivity index (χ2v) is 5.80. The average Bonchev–Trinajstić information content (AvgIpc) is 3.33. The Hall–Kier alpha value is -3.13. The summed E-state index contributed by atoms with van der Waals surface area (Å²) < 4.78 is 16.0. The Labute approximate surface area is 140 Å². The van der Waals surface area contributed by atoms with Gasteiger partial charge in [0.25, 0.3) is 5.91 Å². The Morgan fingerprint density at radius 2 is 2.12 bits per heavy atom. The molecular weight excluding hydrogens is 330 g/mol. The van der Waals surface area contributed by atoms with Crippen LogP contribution in [0.25, 0.3) is 17.5 Å². The fourth-order valence-electron chi connectivity index (χ4n) is 2.11. The summed E-state index contributed by atoms with van der Waals surface area (Å²) in [5.41, 5.74) is 0.682. The number of thiophene rings is 1. The lowest BCUT2D eigenvalue weighted by molar-refractivity contribution is -0.112. The van der Waals surface area contributed by atoms with E-state index in [1.165, 1.54) is 6.08 Å². The standard InChI is InChI=1S/C16H11N3O4S/c20-14(6-4-11-2-1-7-24-11)17-16-19-18-15(23-16)10-3-5-12-13(8-10)22-9-21-12/h1-8H,9H2,(H,17,19,20)/b6-4+. The first-order valence-electron chi connectivity index (χ1n) is 7.04. The monoisotopic (exact) mass is 341 g/mol. The largest absolute Gasteiger partial charge is 0.454 e. The van der Waals surface area contributed by atoms with E-state index in [1.54, 1.807) is 35.6 Å². The first-order valence-corrected chi connectivity index (χ1v) is 7.92. The number of carbonyl (C=O) groups is 1. The van der Waals surface area contributed by atoms with E-state index in [1.807, 2.05) is 17.5 Å². The average molecular weight is 341 g/mol. The van der Waals surface area contributed by atoms with E-state index in [0.29, 0.717) is 17.1 Å². The summed E-state index contributed by atoms with van der Waals surface area (Å²) in [7, 11) is 0. The molecular formula is C16H11N3O4S. The highest BCUT2D eigenvalue weighted by Crippen LogP contribution is 2.35. The highest BCUT2D eigenvalue weighted by atomic mass is 32.1. The molecule has 0 saturated heterocycles. The number of benzene rings is 1. The molecule has 1 aromatic carbocycles. The third-order valence-corrected chi connectivity index (χ3v) is 4.05. The molecule has 4 rings (SSSR count). The van der Waals surface area contributed by atoms with Gasteiger partial charge < -0.3 is 13.9 Å². The molecule has 3 aromatic rings. The summed E-state index contributed by atoms with van der Waals surface area (Å²) in [4.78, 5) is 12.8. The quantitative estimate of drug-likeness (QED) is 0.734. The Morgan fingerprint density at radius 1 is 1.21 bits per heavy atom. The van der Waals surface area contributed by atoms with Gasteiger partial charge in [0.15, 0.2) is 11.5 Å². The molecule has 1 aliphatic rings. The van der Waals surface area contributed by atoms with Crippen molar-refractivity contribution in [2.45, 2.75) is 0 Å². The normalized spacial score (nSPS) is 12.7. The zero-order valence-electron chi connectivity index (χ0n) is 12.3. The summed E-state index contributed by atoms with van der Waals surface area (Å²) in [5, 5.41) is 12.2. The molecule has 8 heteroatoms. The van der Waals surface area contributed by atoms with Crippen LogP contribution in [-0.4, -0.2) is 22.9 Å². The van der Waals surface area contributed by atoms with Crippen LogP contribution in [0.1, 0.15) is 4.88 Å². The molecule has 0 fully saturated rings. The number of hydrogen-bond acceptors (Lipinski definition) is 7. The maximum absolute atomic E-state index is 11.8. The minimum absolute atomic E-state index is 0.0310. The summed E-state index contributed by atoms with van der Waals surface area (Å²) in [6.07, 6.45) is 3.13. The van der Waals surface area contributed by atoms with E-state index in [-0.39, 0.29) is 24.6 Å². The van der Waals surface area contributed by atoms with Crippen molar-refractivity contribution < 1.29 is 18.7 Å². The Morgan fingerprint density at radius 3 is 3.00 bits per heavy atom. The van der Waals surface area contributed by atoms with Crippen LogP contribution in [0.3, 0.4) is 0 Å². The van der Waals surface area contributed by atoms with Gasteiger partial charge in [0, 0.05) is 16.5 Å². The van der Waals surface area contributed by atoms with Crippen molar-refractivity contribution in [3.63, 3.8) is 0 Å². The Kier molecular flexibility index (Phi) is 3.72. The predicted molar refractivity (Wildman–Crippen MR) is 87.8 cm³/mol. The highest BCUT2D eigenvalue weighted by molar-refractivity contribution is 7.10. The van der Waals surface area contributed by atoms with Gasteiger partial charge in [-0.15, -0.1) is 16.4 Å². The number of nitrogens with zero attached hydrogens (tertiary/aromatic N) is 2. The van der Waals surface area contributed by atoms with Crippen molar-refractivity contribution in [2.24, 2.45) is 0 Å². The number of aromatic nitrogens is 2.